The fraction of sp³-hybridized carbons (Fsp3) is 0.389. The molecule has 0 radical (unpaired) electrons. The number of nitrogens with one attached hydrogen (secondary N) is 1. The van der Waals surface area contributed by atoms with Gasteiger partial charge in [0, 0.05) is 12.2 Å². The standard InChI is InChI=1S/C18H21N3O2S/c1-10-7-11(2)15(12(3)8-10)21-6-5-14(18(21)23)20-17(22)16-13(4)19-9-24-16/h7-9,14H,5-6H2,1-4H3,(H,20,22)/t14-/m1/s1. The van der Waals surface area contributed by atoms with Crippen molar-refractivity contribution in [3.63, 3.8) is 0 Å². The summed E-state index contributed by atoms with van der Waals surface area (Å²) in [5.74, 6) is -0.256. The summed E-state index contributed by atoms with van der Waals surface area (Å²) in [6.45, 7) is 8.52. The molecule has 2 heterocycles. The highest BCUT2D eigenvalue weighted by molar-refractivity contribution is 7.11. The lowest BCUT2D eigenvalue weighted by Crippen LogP contribution is -2.41. The fourth-order valence-corrected chi connectivity index (χ4v) is 4.08. The van der Waals surface area contributed by atoms with Gasteiger partial charge >= 0.3 is 0 Å². The monoisotopic (exact) mass is 343 g/mol. The first-order valence-corrected chi connectivity index (χ1v) is 8.86. The van der Waals surface area contributed by atoms with E-state index in [1.807, 2.05) is 13.8 Å². The van der Waals surface area contributed by atoms with Crippen molar-refractivity contribution in [2.24, 2.45) is 0 Å². The number of aromatic nitrogens is 1. The van der Waals surface area contributed by atoms with E-state index >= 15 is 0 Å². The van der Waals surface area contributed by atoms with E-state index in [0.717, 1.165) is 16.8 Å². The van der Waals surface area contributed by atoms with Crippen LogP contribution in [0.1, 0.15) is 38.5 Å². The zero-order valence-corrected chi connectivity index (χ0v) is 15.2. The summed E-state index contributed by atoms with van der Waals surface area (Å²) in [7, 11) is 0. The average molecular weight is 343 g/mol. The Morgan fingerprint density at radius 2 is 1.92 bits per heavy atom. The van der Waals surface area contributed by atoms with Crippen LogP contribution in [0.3, 0.4) is 0 Å². The SMILES string of the molecule is Cc1cc(C)c(N2CC[C@@H](NC(=O)c3scnc3C)C2=O)c(C)c1. The lowest BCUT2D eigenvalue weighted by atomic mass is 10.0. The van der Waals surface area contributed by atoms with Crippen molar-refractivity contribution in [2.45, 2.75) is 40.2 Å². The van der Waals surface area contributed by atoms with Gasteiger partial charge in [-0.2, -0.15) is 0 Å². The molecule has 0 unspecified atom stereocenters. The Kier molecular flexibility index (Phi) is 4.41. The van der Waals surface area contributed by atoms with E-state index in [1.165, 1.54) is 16.9 Å². The highest BCUT2D eigenvalue weighted by Gasteiger charge is 2.35. The maximum Gasteiger partial charge on any atom is 0.263 e. The molecule has 1 saturated heterocycles. The van der Waals surface area contributed by atoms with Gasteiger partial charge in [-0.3, -0.25) is 9.59 Å². The third-order valence-corrected chi connectivity index (χ3v) is 5.30. The van der Waals surface area contributed by atoms with E-state index in [2.05, 4.69) is 29.4 Å². The second-order valence-corrected chi connectivity index (χ2v) is 7.17. The average Bonchev–Trinajstić information content (AvgIpc) is 3.06. The first kappa shape index (κ1) is 16.6. The number of aryl methyl sites for hydroxylation is 4. The highest BCUT2D eigenvalue weighted by atomic mass is 32.1. The zero-order chi connectivity index (χ0) is 17.4. The van der Waals surface area contributed by atoms with Crippen LogP contribution in [0, 0.1) is 27.7 Å². The van der Waals surface area contributed by atoms with Gasteiger partial charge in [-0.15, -0.1) is 11.3 Å². The molecule has 2 amide bonds. The third-order valence-electron chi connectivity index (χ3n) is 4.37. The molecule has 1 aliphatic heterocycles. The molecule has 0 bridgehead atoms. The Hall–Kier alpha value is -2.21. The third kappa shape index (κ3) is 2.94. The van der Waals surface area contributed by atoms with Crippen LogP contribution in [0.5, 0.6) is 0 Å². The molecular formula is C18H21N3O2S. The number of carbonyl (C=O) groups is 2. The lowest BCUT2D eigenvalue weighted by molar-refractivity contribution is -0.118. The molecule has 3 rings (SSSR count). The molecule has 1 N–H and O–H groups in total. The minimum atomic E-state index is -0.473. The number of hydrogen-bond acceptors (Lipinski definition) is 4. The van der Waals surface area contributed by atoms with E-state index in [1.54, 1.807) is 17.3 Å². The van der Waals surface area contributed by atoms with Gasteiger partial charge in [0.05, 0.1) is 11.2 Å². The number of anilines is 1. The predicted octanol–water partition coefficient (Wildman–Crippen LogP) is 2.91. The minimum absolute atomic E-state index is 0.0411. The molecule has 1 aromatic heterocycles. The second-order valence-electron chi connectivity index (χ2n) is 6.32. The quantitative estimate of drug-likeness (QED) is 0.932. The van der Waals surface area contributed by atoms with Gasteiger partial charge in [0.25, 0.3) is 5.91 Å². The molecule has 6 heteroatoms. The van der Waals surface area contributed by atoms with E-state index in [9.17, 15) is 9.59 Å². The van der Waals surface area contributed by atoms with Crippen LogP contribution in [-0.2, 0) is 4.79 Å². The van der Waals surface area contributed by atoms with Gasteiger partial charge in [-0.05, 0) is 45.2 Å². The van der Waals surface area contributed by atoms with Crippen molar-refractivity contribution in [1.29, 1.82) is 0 Å². The number of hydrogen-bond donors (Lipinski definition) is 1. The first-order valence-electron chi connectivity index (χ1n) is 7.98. The Bertz CT molecular complexity index is 789. The van der Waals surface area contributed by atoms with E-state index in [-0.39, 0.29) is 11.8 Å². The van der Waals surface area contributed by atoms with Crippen LogP contribution in [0.2, 0.25) is 0 Å². The van der Waals surface area contributed by atoms with Gasteiger partial charge < -0.3 is 10.2 Å². The Morgan fingerprint density at radius 1 is 1.25 bits per heavy atom. The minimum Gasteiger partial charge on any atom is -0.339 e. The van der Waals surface area contributed by atoms with Crippen molar-refractivity contribution in [2.75, 3.05) is 11.4 Å². The van der Waals surface area contributed by atoms with Crippen LogP contribution < -0.4 is 10.2 Å². The van der Waals surface area contributed by atoms with Crippen LogP contribution in [-0.4, -0.2) is 29.4 Å². The summed E-state index contributed by atoms with van der Waals surface area (Å²) in [5, 5.41) is 2.86. The number of amides is 2. The number of thiazole rings is 1. The van der Waals surface area contributed by atoms with Crippen molar-refractivity contribution in [3.8, 4) is 0 Å². The molecule has 0 spiro atoms. The Labute approximate surface area is 145 Å². The lowest BCUT2D eigenvalue weighted by Gasteiger charge is -2.22. The molecule has 1 aliphatic rings. The van der Waals surface area contributed by atoms with Crippen molar-refractivity contribution in [1.82, 2.24) is 10.3 Å². The van der Waals surface area contributed by atoms with Gasteiger partial charge in [-0.25, -0.2) is 4.98 Å². The van der Waals surface area contributed by atoms with Gasteiger partial charge in [-0.1, -0.05) is 17.7 Å². The number of benzene rings is 1. The number of carbonyl (C=O) groups excluding carboxylic acids is 2. The molecule has 0 saturated carbocycles. The van der Waals surface area contributed by atoms with Gasteiger partial charge in [0.1, 0.15) is 10.9 Å². The maximum absolute atomic E-state index is 12.8. The molecule has 2 aromatic rings. The zero-order valence-electron chi connectivity index (χ0n) is 14.3. The number of nitrogens with zero attached hydrogens (tertiary/aromatic N) is 2. The summed E-state index contributed by atoms with van der Waals surface area (Å²) in [6, 6.07) is 3.70. The number of rotatable bonds is 3. The Morgan fingerprint density at radius 3 is 2.50 bits per heavy atom. The summed E-state index contributed by atoms with van der Waals surface area (Å²) < 4.78 is 0. The molecular weight excluding hydrogens is 322 g/mol. The molecule has 126 valence electrons. The topological polar surface area (TPSA) is 62.3 Å². The van der Waals surface area contributed by atoms with Crippen molar-refractivity contribution in [3.05, 3.63) is 44.9 Å². The van der Waals surface area contributed by atoms with E-state index < -0.39 is 6.04 Å². The van der Waals surface area contributed by atoms with Gasteiger partial charge in [0.15, 0.2) is 0 Å². The summed E-state index contributed by atoms with van der Waals surface area (Å²) in [4.78, 5) is 31.6. The maximum atomic E-state index is 12.8. The van der Waals surface area contributed by atoms with Crippen LogP contribution in [0.4, 0.5) is 5.69 Å². The second kappa shape index (κ2) is 6.36. The smallest absolute Gasteiger partial charge is 0.263 e. The van der Waals surface area contributed by atoms with Crippen LogP contribution >= 0.6 is 11.3 Å². The van der Waals surface area contributed by atoms with Crippen molar-refractivity contribution >= 4 is 28.8 Å². The summed E-state index contributed by atoms with van der Waals surface area (Å²) >= 11 is 1.30. The molecule has 1 fully saturated rings. The molecule has 5 nitrogen and oxygen atoms in total. The Balaban J connectivity index is 1.79. The van der Waals surface area contributed by atoms with Crippen LogP contribution in [0.25, 0.3) is 0 Å². The van der Waals surface area contributed by atoms with Gasteiger partial charge in [0.2, 0.25) is 5.91 Å². The molecule has 1 aromatic carbocycles. The molecule has 24 heavy (non-hydrogen) atoms. The molecule has 1 atom stereocenters. The normalized spacial score (nSPS) is 17.4. The first-order chi connectivity index (χ1) is 11.4. The van der Waals surface area contributed by atoms with E-state index in [0.29, 0.717) is 23.5 Å². The fourth-order valence-electron chi connectivity index (χ4n) is 3.38. The predicted molar refractivity (Wildman–Crippen MR) is 95.7 cm³/mol. The molecule has 0 aliphatic carbocycles. The largest absolute Gasteiger partial charge is 0.339 e. The van der Waals surface area contributed by atoms with E-state index in [4.69, 9.17) is 0 Å². The van der Waals surface area contributed by atoms with Crippen LogP contribution in [0.15, 0.2) is 17.6 Å². The summed E-state index contributed by atoms with van der Waals surface area (Å²) in [5.41, 5.74) is 6.68. The highest BCUT2D eigenvalue weighted by Crippen LogP contribution is 2.30. The summed E-state index contributed by atoms with van der Waals surface area (Å²) in [6.07, 6.45) is 0.620. The van der Waals surface area contributed by atoms with Crippen molar-refractivity contribution < 1.29 is 9.59 Å².